The second kappa shape index (κ2) is 17.4. The number of aromatic hydroxyl groups is 1. The standard InChI is InChI=1S/C56H56N3O.Pt/c1-34(2)38-18-20-39(21-19-38)41-24-25-57-50(33-41)46-30-45(31-47(32-46)56(8,9)10)48-15-13-16-52-54(48)58-55(49-14-11-12-17-53(49)60)59(52)51-23-22-40(26-37(51)7)44-28-42(35(3)4)27-43(29-44)36(5)6;/h11-29,31-36,60H,1-10H3;/q-1;/i7D3,34D,35D,36D;. The van der Waals surface area contributed by atoms with Crippen molar-refractivity contribution in [3.05, 3.63) is 167 Å². The third kappa shape index (κ3) is 8.79. The van der Waals surface area contributed by atoms with Crippen LogP contribution in [0.1, 0.15) is 116 Å². The van der Waals surface area contributed by atoms with Crippen molar-refractivity contribution in [2.24, 2.45) is 0 Å². The van der Waals surface area contributed by atoms with Gasteiger partial charge in [-0.1, -0.05) is 152 Å². The fraction of sp³-hybridized carbons (Fsp3) is 0.250. The molecule has 1 N–H and O–H groups in total. The van der Waals surface area contributed by atoms with Crippen molar-refractivity contribution in [2.45, 2.75) is 92.3 Å². The number of rotatable bonds is 9. The molecule has 0 atom stereocenters. The molecule has 0 bridgehead atoms. The molecule has 0 unspecified atom stereocenters. The Labute approximate surface area is 385 Å². The van der Waals surface area contributed by atoms with Crippen molar-refractivity contribution < 1.29 is 34.4 Å². The molecule has 0 fully saturated rings. The van der Waals surface area contributed by atoms with Crippen LogP contribution in [-0.2, 0) is 26.5 Å². The summed E-state index contributed by atoms with van der Waals surface area (Å²) in [4.78, 5) is 10.1. The van der Waals surface area contributed by atoms with Crippen LogP contribution in [0.3, 0.4) is 0 Å². The van der Waals surface area contributed by atoms with Gasteiger partial charge in [0.15, 0.2) is 0 Å². The number of para-hydroxylation sites is 2. The Hall–Kier alpha value is -5.57. The molecule has 0 spiro atoms. The number of imidazole rings is 1. The molecular formula is C56H56N3OPt-. The minimum absolute atomic E-state index is 0. The van der Waals surface area contributed by atoms with Crippen molar-refractivity contribution in [3.8, 4) is 67.5 Å². The summed E-state index contributed by atoms with van der Waals surface area (Å²) in [5.41, 5.74) is 11.8. The summed E-state index contributed by atoms with van der Waals surface area (Å²) in [6, 6.07) is 43.9. The minimum atomic E-state index is -2.58. The molecule has 2 aromatic heterocycles. The number of aryl methyl sites for hydroxylation is 1. The molecule has 4 nitrogen and oxygen atoms in total. The molecule has 61 heavy (non-hydrogen) atoms. The number of fused-ring (bicyclic) bond motifs is 1. The molecule has 5 heteroatoms. The Morgan fingerprint density at radius 1 is 0.639 bits per heavy atom. The van der Waals surface area contributed by atoms with Crippen LogP contribution < -0.4 is 0 Å². The van der Waals surface area contributed by atoms with E-state index in [1.165, 1.54) is 0 Å². The summed E-state index contributed by atoms with van der Waals surface area (Å²) >= 11 is 0. The molecule has 0 saturated heterocycles. The third-order valence-corrected chi connectivity index (χ3v) is 11.3. The van der Waals surface area contributed by atoms with Crippen molar-refractivity contribution in [3.63, 3.8) is 0 Å². The number of benzene rings is 6. The zero-order chi connectivity index (χ0) is 47.7. The molecule has 0 aliphatic rings. The maximum Gasteiger partial charge on any atom is 0.148 e. The Kier molecular flexibility index (Phi) is 10.3. The van der Waals surface area contributed by atoms with Gasteiger partial charge in [-0.2, -0.15) is 0 Å². The van der Waals surface area contributed by atoms with Crippen LogP contribution in [0.4, 0.5) is 0 Å². The molecule has 0 amide bonds. The van der Waals surface area contributed by atoms with Gasteiger partial charge in [0.25, 0.3) is 0 Å². The van der Waals surface area contributed by atoms with Crippen LogP contribution >= 0.6 is 0 Å². The third-order valence-electron chi connectivity index (χ3n) is 11.3. The van der Waals surface area contributed by atoms with Crippen LogP contribution in [0.5, 0.6) is 5.75 Å². The first kappa shape index (κ1) is 36.1. The molecule has 8 aromatic rings. The van der Waals surface area contributed by atoms with E-state index >= 15 is 0 Å². The summed E-state index contributed by atoms with van der Waals surface area (Å²) in [6.45, 7) is 14.9. The van der Waals surface area contributed by atoms with Gasteiger partial charge in [-0.3, -0.25) is 9.55 Å². The van der Waals surface area contributed by atoms with Gasteiger partial charge in [-0.25, -0.2) is 4.98 Å². The van der Waals surface area contributed by atoms with Crippen LogP contribution in [0.25, 0.3) is 72.7 Å². The summed E-state index contributed by atoms with van der Waals surface area (Å²) in [6.07, 6.45) is 1.81. The topological polar surface area (TPSA) is 50.9 Å². The second-order valence-corrected chi connectivity index (χ2v) is 17.4. The van der Waals surface area contributed by atoms with E-state index in [0.29, 0.717) is 33.7 Å². The van der Waals surface area contributed by atoms with E-state index in [2.05, 4.69) is 45.0 Å². The number of pyridine rings is 1. The van der Waals surface area contributed by atoms with Crippen LogP contribution in [-0.4, -0.2) is 19.6 Å². The van der Waals surface area contributed by atoms with E-state index in [1.54, 1.807) is 64.2 Å². The molecule has 6 aromatic carbocycles. The van der Waals surface area contributed by atoms with Crippen LogP contribution in [0.2, 0.25) is 0 Å². The van der Waals surface area contributed by atoms with Crippen LogP contribution in [0.15, 0.2) is 134 Å². The first-order chi connectivity index (χ1) is 30.8. The number of phenolic OH excluding ortho intramolecular Hbond substituents is 1. The number of hydrogen-bond donors (Lipinski definition) is 1. The van der Waals surface area contributed by atoms with Gasteiger partial charge < -0.3 is 5.11 Å². The zero-order valence-electron chi connectivity index (χ0n) is 42.3. The fourth-order valence-electron chi connectivity index (χ4n) is 7.73. The molecule has 0 aliphatic heterocycles. The monoisotopic (exact) mass is 987 g/mol. The summed E-state index contributed by atoms with van der Waals surface area (Å²) in [7, 11) is 0. The number of phenols is 1. The molecular weight excluding hydrogens is 926 g/mol. The van der Waals surface area contributed by atoms with Gasteiger partial charge >= 0.3 is 0 Å². The molecule has 2 heterocycles. The first-order valence-corrected chi connectivity index (χ1v) is 20.5. The largest absolute Gasteiger partial charge is 0.507 e. The maximum absolute atomic E-state index is 11.4. The molecule has 8 rings (SSSR count). The van der Waals surface area contributed by atoms with Gasteiger partial charge in [0.05, 0.1) is 22.3 Å². The predicted molar refractivity (Wildman–Crippen MR) is 252 cm³/mol. The van der Waals surface area contributed by atoms with E-state index in [0.717, 1.165) is 61.3 Å². The van der Waals surface area contributed by atoms with Gasteiger partial charge in [0.1, 0.15) is 11.6 Å². The summed E-state index contributed by atoms with van der Waals surface area (Å²) in [5, 5.41) is 11.4. The quantitative estimate of drug-likeness (QED) is 0.147. The van der Waals surface area contributed by atoms with Crippen molar-refractivity contribution in [1.29, 1.82) is 0 Å². The van der Waals surface area contributed by atoms with Gasteiger partial charge in [-0.05, 0) is 111 Å². The average Bonchev–Trinajstić information content (AvgIpc) is 3.64. The number of aromatic nitrogens is 3. The van der Waals surface area contributed by atoms with E-state index in [-0.39, 0.29) is 37.8 Å². The molecule has 312 valence electrons. The Morgan fingerprint density at radius 2 is 1.28 bits per heavy atom. The Morgan fingerprint density at radius 3 is 1.93 bits per heavy atom. The van der Waals surface area contributed by atoms with E-state index in [4.69, 9.17) is 18.2 Å². The average molecular weight is 988 g/mol. The molecule has 0 radical (unpaired) electrons. The predicted octanol–water partition coefficient (Wildman–Crippen LogP) is 15.2. The van der Waals surface area contributed by atoms with Crippen LogP contribution in [0, 0.1) is 12.9 Å². The number of hydrogen-bond acceptors (Lipinski definition) is 3. The molecule has 0 saturated carbocycles. The van der Waals surface area contributed by atoms with Gasteiger partial charge in [0.2, 0.25) is 0 Å². The Bertz CT molecular complexity index is 3100. The second-order valence-electron chi connectivity index (χ2n) is 17.4. The summed E-state index contributed by atoms with van der Waals surface area (Å²) in [5.74, 6) is -2.26. The van der Waals surface area contributed by atoms with Crippen molar-refractivity contribution >= 4 is 11.0 Å². The fourth-order valence-corrected chi connectivity index (χ4v) is 7.73. The van der Waals surface area contributed by atoms with E-state index < -0.39 is 24.5 Å². The minimum Gasteiger partial charge on any atom is -0.507 e. The van der Waals surface area contributed by atoms with E-state index in [1.807, 2.05) is 97.3 Å². The Balaban J connectivity index is 0.00000666. The van der Waals surface area contributed by atoms with E-state index in [9.17, 15) is 5.11 Å². The molecule has 0 aliphatic carbocycles. The SMILES string of the molecule is [2H]C([2H])([2H])c1cc(-c2cc(C([2H])(C)C)cc(C([2H])(C)C)c2)ccc1-n1c(-c2ccccc2O)nc2c(-c3[c-]c(-c4cc(-c5ccc(C([2H])(C)C)cc5)ccn4)cc(C(C)(C)C)c3)cccc21.[Pt]. The first-order valence-electron chi connectivity index (χ1n) is 23.5. The van der Waals surface area contributed by atoms with Gasteiger partial charge in [0, 0.05) is 41.2 Å². The van der Waals surface area contributed by atoms with Crippen molar-refractivity contribution in [1.82, 2.24) is 14.5 Å². The van der Waals surface area contributed by atoms with Crippen molar-refractivity contribution in [2.75, 3.05) is 0 Å². The zero-order valence-corrected chi connectivity index (χ0v) is 38.6. The number of nitrogens with zero attached hydrogens (tertiary/aromatic N) is 3. The van der Waals surface area contributed by atoms with Gasteiger partial charge in [-0.15, -0.1) is 29.3 Å². The normalized spacial score (nSPS) is 14.0. The maximum atomic E-state index is 11.4. The summed E-state index contributed by atoms with van der Waals surface area (Å²) < 4.78 is 54.8. The smallest absolute Gasteiger partial charge is 0.148 e.